The number of piperazine rings is 1. The fourth-order valence-electron chi connectivity index (χ4n) is 1.39. The molecule has 1 fully saturated rings. The zero-order valence-corrected chi connectivity index (χ0v) is 9.82. The molecule has 1 aliphatic heterocycles. The van der Waals surface area contributed by atoms with Crippen LogP contribution >= 0.6 is 11.8 Å². The van der Waals surface area contributed by atoms with Crippen molar-refractivity contribution < 1.29 is 9.59 Å². The van der Waals surface area contributed by atoms with Crippen LogP contribution in [0.15, 0.2) is 0 Å². The first-order valence-corrected chi connectivity index (χ1v) is 6.32. The summed E-state index contributed by atoms with van der Waals surface area (Å²) in [7, 11) is 0. The lowest BCUT2D eigenvalue weighted by Crippen LogP contribution is -2.59. The fraction of sp³-hybridized carbons (Fsp3) is 0.778. The van der Waals surface area contributed by atoms with Crippen molar-refractivity contribution in [2.45, 2.75) is 19.0 Å². The molecule has 0 aliphatic carbocycles. The number of rotatable bonds is 4. The van der Waals surface area contributed by atoms with Crippen molar-refractivity contribution in [3.63, 3.8) is 0 Å². The molecule has 0 spiro atoms. The Hall–Kier alpha value is -0.750. The first-order chi connectivity index (χ1) is 7.13. The number of nitrogens with one attached hydrogen (secondary N) is 3. The summed E-state index contributed by atoms with van der Waals surface area (Å²) in [6, 6.07) is -0.140. The summed E-state index contributed by atoms with van der Waals surface area (Å²) in [6.45, 7) is 2.56. The van der Waals surface area contributed by atoms with Crippen LogP contribution in [0.5, 0.6) is 0 Å². The molecule has 6 heteroatoms. The molecular formula is C9H17N3O2S. The molecule has 2 amide bonds. The van der Waals surface area contributed by atoms with Gasteiger partial charge in [0, 0.05) is 18.3 Å². The van der Waals surface area contributed by atoms with Gasteiger partial charge in [0.25, 0.3) is 0 Å². The van der Waals surface area contributed by atoms with E-state index in [1.54, 1.807) is 11.8 Å². The summed E-state index contributed by atoms with van der Waals surface area (Å²) >= 11 is 1.69. The molecule has 2 atom stereocenters. The SMILES string of the molecule is CSCC(C)NC(=O)C1CNC(=O)CN1. The van der Waals surface area contributed by atoms with Gasteiger partial charge in [-0.1, -0.05) is 0 Å². The maximum Gasteiger partial charge on any atom is 0.239 e. The summed E-state index contributed by atoms with van der Waals surface area (Å²) in [6.07, 6.45) is 2.00. The first kappa shape index (κ1) is 12.3. The van der Waals surface area contributed by atoms with Crippen LogP contribution in [0.1, 0.15) is 6.92 Å². The van der Waals surface area contributed by atoms with E-state index in [0.29, 0.717) is 6.54 Å². The maximum atomic E-state index is 11.7. The van der Waals surface area contributed by atoms with Gasteiger partial charge in [-0.15, -0.1) is 0 Å². The van der Waals surface area contributed by atoms with Crippen LogP contribution in [0.2, 0.25) is 0 Å². The van der Waals surface area contributed by atoms with Gasteiger partial charge in [0.1, 0.15) is 6.04 Å². The predicted molar refractivity (Wildman–Crippen MR) is 60.8 cm³/mol. The van der Waals surface area contributed by atoms with Gasteiger partial charge >= 0.3 is 0 Å². The molecule has 0 aromatic heterocycles. The lowest BCUT2D eigenvalue weighted by Gasteiger charge is -2.24. The second kappa shape index (κ2) is 5.97. The number of hydrogen-bond donors (Lipinski definition) is 3. The van der Waals surface area contributed by atoms with Gasteiger partial charge in [-0.25, -0.2) is 0 Å². The molecule has 0 radical (unpaired) electrons. The van der Waals surface area contributed by atoms with Gasteiger partial charge in [-0.3, -0.25) is 14.9 Å². The topological polar surface area (TPSA) is 70.2 Å². The molecule has 5 nitrogen and oxygen atoms in total. The largest absolute Gasteiger partial charge is 0.353 e. The van der Waals surface area contributed by atoms with E-state index in [0.717, 1.165) is 5.75 Å². The minimum atomic E-state index is -0.299. The second-order valence-corrected chi connectivity index (χ2v) is 4.51. The molecule has 1 rings (SSSR count). The highest BCUT2D eigenvalue weighted by molar-refractivity contribution is 7.98. The Bertz CT molecular complexity index is 238. The van der Waals surface area contributed by atoms with Crippen molar-refractivity contribution in [2.24, 2.45) is 0 Å². The van der Waals surface area contributed by atoms with E-state index >= 15 is 0 Å². The molecule has 0 bridgehead atoms. The van der Waals surface area contributed by atoms with Gasteiger partial charge in [-0.2, -0.15) is 11.8 Å². The van der Waals surface area contributed by atoms with E-state index in [1.165, 1.54) is 0 Å². The van der Waals surface area contributed by atoms with Gasteiger partial charge in [-0.05, 0) is 13.2 Å². The van der Waals surface area contributed by atoms with Crippen molar-refractivity contribution in [1.29, 1.82) is 0 Å². The van der Waals surface area contributed by atoms with Crippen molar-refractivity contribution in [3.8, 4) is 0 Å². The van der Waals surface area contributed by atoms with E-state index in [4.69, 9.17) is 0 Å². The molecule has 86 valence electrons. The van der Waals surface area contributed by atoms with E-state index in [9.17, 15) is 9.59 Å². The Morgan fingerprint density at radius 1 is 1.73 bits per heavy atom. The summed E-state index contributed by atoms with van der Waals surface area (Å²) < 4.78 is 0. The number of carbonyl (C=O) groups excluding carboxylic acids is 2. The third-order valence-corrected chi connectivity index (χ3v) is 2.97. The van der Waals surface area contributed by atoms with E-state index in [-0.39, 0.29) is 30.4 Å². The number of hydrogen-bond acceptors (Lipinski definition) is 4. The van der Waals surface area contributed by atoms with E-state index in [2.05, 4.69) is 16.0 Å². The molecule has 15 heavy (non-hydrogen) atoms. The zero-order chi connectivity index (χ0) is 11.3. The molecule has 0 aromatic rings. The third kappa shape index (κ3) is 4.09. The molecule has 0 aromatic carbocycles. The lowest BCUT2D eigenvalue weighted by molar-refractivity contribution is -0.126. The molecule has 1 saturated heterocycles. The molecule has 3 N–H and O–H groups in total. The molecule has 2 unspecified atom stereocenters. The predicted octanol–water partition coefficient (Wildman–Crippen LogP) is -1.06. The van der Waals surface area contributed by atoms with E-state index < -0.39 is 0 Å². The van der Waals surface area contributed by atoms with Crippen molar-refractivity contribution >= 4 is 23.6 Å². The summed E-state index contributed by atoms with van der Waals surface area (Å²) in [5.74, 6) is 0.790. The maximum absolute atomic E-state index is 11.7. The monoisotopic (exact) mass is 231 g/mol. The van der Waals surface area contributed by atoms with Crippen LogP contribution in [-0.4, -0.2) is 49.0 Å². The van der Waals surface area contributed by atoms with Crippen molar-refractivity contribution in [1.82, 2.24) is 16.0 Å². The first-order valence-electron chi connectivity index (χ1n) is 4.93. The minimum absolute atomic E-state index is 0.0449. The average Bonchev–Trinajstić information content (AvgIpc) is 2.18. The quantitative estimate of drug-likeness (QED) is 0.577. The average molecular weight is 231 g/mol. The Morgan fingerprint density at radius 3 is 3.00 bits per heavy atom. The van der Waals surface area contributed by atoms with E-state index in [1.807, 2.05) is 13.2 Å². The van der Waals surface area contributed by atoms with Crippen molar-refractivity contribution in [2.75, 3.05) is 25.1 Å². The number of carbonyl (C=O) groups is 2. The molecule has 1 aliphatic rings. The minimum Gasteiger partial charge on any atom is -0.353 e. The molecule has 0 saturated carbocycles. The van der Waals surface area contributed by atoms with Crippen LogP contribution in [-0.2, 0) is 9.59 Å². The standard InChI is InChI=1S/C9H17N3O2S/c1-6(5-15-2)12-9(14)7-3-11-8(13)4-10-7/h6-7,10H,3-5H2,1-2H3,(H,11,13)(H,12,14). The highest BCUT2D eigenvalue weighted by Crippen LogP contribution is 1.97. The van der Waals surface area contributed by atoms with Crippen LogP contribution in [0.25, 0.3) is 0 Å². The van der Waals surface area contributed by atoms with Crippen LogP contribution in [0.4, 0.5) is 0 Å². The Kier molecular flexibility index (Phi) is 4.90. The highest BCUT2D eigenvalue weighted by atomic mass is 32.2. The Balaban J connectivity index is 2.30. The normalized spacial score (nSPS) is 23.1. The van der Waals surface area contributed by atoms with Crippen LogP contribution < -0.4 is 16.0 Å². The Morgan fingerprint density at radius 2 is 2.47 bits per heavy atom. The van der Waals surface area contributed by atoms with Crippen LogP contribution in [0, 0.1) is 0 Å². The van der Waals surface area contributed by atoms with Crippen molar-refractivity contribution in [3.05, 3.63) is 0 Å². The smallest absolute Gasteiger partial charge is 0.239 e. The van der Waals surface area contributed by atoms with Crippen LogP contribution in [0.3, 0.4) is 0 Å². The summed E-state index contributed by atoms with van der Waals surface area (Å²) in [4.78, 5) is 22.5. The molecular weight excluding hydrogens is 214 g/mol. The summed E-state index contributed by atoms with van der Waals surface area (Å²) in [5, 5.41) is 8.43. The fourth-order valence-corrected chi connectivity index (χ4v) is 1.97. The van der Waals surface area contributed by atoms with Gasteiger partial charge in [0.2, 0.25) is 11.8 Å². The summed E-state index contributed by atoms with van der Waals surface area (Å²) in [5.41, 5.74) is 0. The zero-order valence-electron chi connectivity index (χ0n) is 9.00. The highest BCUT2D eigenvalue weighted by Gasteiger charge is 2.24. The lowest BCUT2D eigenvalue weighted by atomic mass is 10.2. The Labute approximate surface area is 93.7 Å². The second-order valence-electron chi connectivity index (χ2n) is 3.60. The number of amides is 2. The number of thioether (sulfide) groups is 1. The third-order valence-electron chi connectivity index (χ3n) is 2.13. The van der Waals surface area contributed by atoms with Gasteiger partial charge in [0.15, 0.2) is 0 Å². The van der Waals surface area contributed by atoms with Gasteiger partial charge in [0.05, 0.1) is 6.54 Å². The molecule has 1 heterocycles. The van der Waals surface area contributed by atoms with Gasteiger partial charge < -0.3 is 10.6 Å².